The normalized spacial score (nSPS) is 18.1. The first-order valence-electron chi connectivity index (χ1n) is 7.99. The van der Waals surface area contributed by atoms with Crippen molar-refractivity contribution < 1.29 is 13.2 Å². The summed E-state index contributed by atoms with van der Waals surface area (Å²) < 4.78 is 23.0. The minimum absolute atomic E-state index is 0.0521. The minimum Gasteiger partial charge on any atom is -0.347 e. The van der Waals surface area contributed by atoms with Gasteiger partial charge in [0.15, 0.2) is 9.84 Å². The fourth-order valence-corrected chi connectivity index (χ4v) is 4.42. The van der Waals surface area contributed by atoms with Crippen LogP contribution in [-0.2, 0) is 9.84 Å². The lowest BCUT2D eigenvalue weighted by molar-refractivity contribution is 0.0935. The molecule has 134 valence electrons. The second-order valence-electron chi connectivity index (χ2n) is 6.04. The summed E-state index contributed by atoms with van der Waals surface area (Å²) >= 11 is 0. The maximum atomic E-state index is 12.4. The highest BCUT2D eigenvalue weighted by atomic mass is 32.2. The molecule has 0 radical (unpaired) electrons. The molecule has 1 aliphatic rings. The number of benzene rings is 1. The summed E-state index contributed by atoms with van der Waals surface area (Å²) in [6.07, 6.45) is 0.402. The molecule has 1 atom stereocenters. The second kappa shape index (κ2) is 7.09. The first-order valence-corrected chi connectivity index (χ1v) is 9.81. The zero-order valence-corrected chi connectivity index (χ0v) is 14.9. The highest BCUT2D eigenvalue weighted by Gasteiger charge is 2.29. The number of carbonyl (C=O) groups is 1. The molecule has 0 bridgehead atoms. The van der Waals surface area contributed by atoms with Crippen LogP contribution in [0.4, 0.5) is 11.5 Å². The molecule has 1 saturated heterocycles. The SMILES string of the molecule is Cc1nc(Nc2ccccc2C#N)cc(C(=O)NC2CCS(=O)(=O)C2)n1. The van der Waals surface area contributed by atoms with Gasteiger partial charge in [0.05, 0.1) is 22.8 Å². The Labute approximate surface area is 151 Å². The highest BCUT2D eigenvalue weighted by Crippen LogP contribution is 2.19. The molecule has 0 saturated carbocycles. The Bertz CT molecular complexity index is 998. The molecule has 3 rings (SSSR count). The van der Waals surface area contributed by atoms with Gasteiger partial charge in [-0.15, -0.1) is 0 Å². The molecule has 1 aromatic heterocycles. The fourth-order valence-electron chi connectivity index (χ4n) is 2.74. The van der Waals surface area contributed by atoms with E-state index in [1.54, 1.807) is 31.2 Å². The summed E-state index contributed by atoms with van der Waals surface area (Å²) in [6.45, 7) is 1.65. The largest absolute Gasteiger partial charge is 0.347 e. The average Bonchev–Trinajstić information content (AvgIpc) is 2.93. The zero-order chi connectivity index (χ0) is 18.7. The summed E-state index contributed by atoms with van der Waals surface area (Å²) in [5.74, 6) is 0.342. The van der Waals surface area contributed by atoms with Crippen molar-refractivity contribution in [2.75, 3.05) is 16.8 Å². The number of nitrogens with zero attached hydrogens (tertiary/aromatic N) is 3. The van der Waals surface area contributed by atoms with Gasteiger partial charge in [0.1, 0.15) is 23.4 Å². The molecule has 1 unspecified atom stereocenters. The molecular weight excluding hydrogens is 354 g/mol. The maximum absolute atomic E-state index is 12.4. The van der Waals surface area contributed by atoms with E-state index in [0.29, 0.717) is 29.3 Å². The summed E-state index contributed by atoms with van der Waals surface area (Å²) in [7, 11) is -3.08. The van der Waals surface area contributed by atoms with Crippen LogP contribution < -0.4 is 10.6 Å². The van der Waals surface area contributed by atoms with Crippen LogP contribution in [0.2, 0.25) is 0 Å². The van der Waals surface area contributed by atoms with Gasteiger partial charge in [0, 0.05) is 12.1 Å². The molecule has 9 heteroatoms. The van der Waals surface area contributed by atoms with Gasteiger partial charge in [-0.1, -0.05) is 12.1 Å². The van der Waals surface area contributed by atoms with Crippen molar-refractivity contribution in [3.63, 3.8) is 0 Å². The van der Waals surface area contributed by atoms with Gasteiger partial charge in [-0.25, -0.2) is 18.4 Å². The number of amides is 1. The number of carbonyl (C=O) groups excluding carboxylic acids is 1. The van der Waals surface area contributed by atoms with Gasteiger partial charge >= 0.3 is 0 Å². The fraction of sp³-hybridized carbons (Fsp3) is 0.294. The van der Waals surface area contributed by atoms with Crippen molar-refractivity contribution in [3.05, 3.63) is 47.4 Å². The maximum Gasteiger partial charge on any atom is 0.270 e. The Morgan fingerprint density at radius 2 is 2.08 bits per heavy atom. The van der Waals surface area contributed by atoms with Crippen LogP contribution in [0.5, 0.6) is 0 Å². The lowest BCUT2D eigenvalue weighted by atomic mass is 10.2. The molecule has 2 heterocycles. The van der Waals surface area contributed by atoms with Gasteiger partial charge in [-0.05, 0) is 25.5 Å². The van der Waals surface area contributed by atoms with E-state index in [9.17, 15) is 13.2 Å². The van der Waals surface area contributed by atoms with Crippen molar-refractivity contribution in [1.82, 2.24) is 15.3 Å². The molecule has 8 nitrogen and oxygen atoms in total. The van der Waals surface area contributed by atoms with Gasteiger partial charge in [-0.3, -0.25) is 4.79 Å². The Hall–Kier alpha value is -2.99. The molecule has 2 N–H and O–H groups in total. The number of hydrogen-bond donors (Lipinski definition) is 2. The van der Waals surface area contributed by atoms with E-state index < -0.39 is 21.8 Å². The minimum atomic E-state index is -3.08. The van der Waals surface area contributed by atoms with Crippen LogP contribution in [0.1, 0.15) is 28.3 Å². The van der Waals surface area contributed by atoms with E-state index in [4.69, 9.17) is 5.26 Å². The van der Waals surface area contributed by atoms with E-state index in [1.807, 2.05) is 0 Å². The molecule has 1 amide bonds. The number of rotatable bonds is 4. The van der Waals surface area contributed by atoms with Crippen LogP contribution in [0.15, 0.2) is 30.3 Å². The third-order valence-corrected chi connectivity index (χ3v) is 5.72. The molecular formula is C17H17N5O3S. The molecule has 26 heavy (non-hydrogen) atoms. The number of nitrogens with one attached hydrogen (secondary N) is 2. The van der Waals surface area contributed by atoms with Crippen molar-refractivity contribution in [2.24, 2.45) is 0 Å². The Morgan fingerprint density at radius 1 is 1.31 bits per heavy atom. The smallest absolute Gasteiger partial charge is 0.270 e. The average molecular weight is 371 g/mol. The lowest BCUT2D eigenvalue weighted by Gasteiger charge is -2.12. The summed E-state index contributed by atoms with van der Waals surface area (Å²) in [4.78, 5) is 20.8. The Morgan fingerprint density at radius 3 is 2.77 bits per heavy atom. The van der Waals surface area contributed by atoms with Gasteiger partial charge in [-0.2, -0.15) is 5.26 Å². The molecule has 0 spiro atoms. The molecule has 2 aromatic rings. The first-order chi connectivity index (χ1) is 12.4. The van der Waals surface area contributed by atoms with E-state index in [1.165, 1.54) is 6.07 Å². The Balaban J connectivity index is 1.79. The number of para-hydroxylation sites is 1. The second-order valence-corrected chi connectivity index (χ2v) is 8.27. The van der Waals surface area contributed by atoms with Crippen molar-refractivity contribution >= 4 is 27.2 Å². The van der Waals surface area contributed by atoms with Crippen molar-refractivity contribution in [3.8, 4) is 6.07 Å². The third-order valence-electron chi connectivity index (χ3n) is 3.95. The van der Waals surface area contributed by atoms with E-state index in [-0.39, 0.29) is 17.2 Å². The monoisotopic (exact) mass is 371 g/mol. The molecule has 1 aromatic carbocycles. The van der Waals surface area contributed by atoms with E-state index in [2.05, 4.69) is 26.7 Å². The number of nitriles is 1. The third kappa shape index (κ3) is 4.15. The molecule has 0 aliphatic carbocycles. The predicted octanol–water partition coefficient (Wildman–Crippen LogP) is 1.32. The predicted molar refractivity (Wildman–Crippen MR) is 95.7 cm³/mol. The van der Waals surface area contributed by atoms with Crippen molar-refractivity contribution in [2.45, 2.75) is 19.4 Å². The Kier molecular flexibility index (Phi) is 4.86. The summed E-state index contributed by atoms with van der Waals surface area (Å²) in [5, 5.41) is 14.9. The van der Waals surface area contributed by atoms with Crippen LogP contribution in [0.3, 0.4) is 0 Å². The molecule has 1 fully saturated rings. The van der Waals surface area contributed by atoms with Crippen LogP contribution in [0, 0.1) is 18.3 Å². The first kappa shape index (κ1) is 17.8. The van der Waals surface area contributed by atoms with E-state index >= 15 is 0 Å². The number of anilines is 2. The number of aromatic nitrogens is 2. The van der Waals surface area contributed by atoms with Crippen LogP contribution >= 0.6 is 0 Å². The van der Waals surface area contributed by atoms with Gasteiger partial charge < -0.3 is 10.6 Å². The van der Waals surface area contributed by atoms with E-state index in [0.717, 1.165) is 0 Å². The van der Waals surface area contributed by atoms with Gasteiger partial charge in [0.25, 0.3) is 5.91 Å². The number of aryl methyl sites for hydroxylation is 1. The lowest BCUT2D eigenvalue weighted by Crippen LogP contribution is -2.36. The summed E-state index contributed by atoms with van der Waals surface area (Å²) in [6, 6.07) is 10.1. The zero-order valence-electron chi connectivity index (χ0n) is 14.1. The standard InChI is InChI=1S/C17H17N5O3S/c1-11-19-15(17(23)21-13-6-7-26(24,25)10-13)8-16(20-11)22-14-5-3-2-4-12(14)9-18/h2-5,8,13H,6-7,10H2,1H3,(H,21,23)(H,19,20,22). The number of sulfone groups is 1. The quantitative estimate of drug-likeness (QED) is 0.830. The molecule has 1 aliphatic heterocycles. The van der Waals surface area contributed by atoms with Crippen molar-refractivity contribution in [1.29, 1.82) is 5.26 Å². The van der Waals surface area contributed by atoms with Crippen LogP contribution in [-0.4, -0.2) is 41.8 Å². The van der Waals surface area contributed by atoms with Gasteiger partial charge in [0.2, 0.25) is 0 Å². The summed E-state index contributed by atoms with van der Waals surface area (Å²) in [5.41, 5.74) is 1.16. The van der Waals surface area contributed by atoms with Crippen LogP contribution in [0.25, 0.3) is 0 Å². The topological polar surface area (TPSA) is 125 Å². The highest BCUT2D eigenvalue weighted by molar-refractivity contribution is 7.91. The number of hydrogen-bond acceptors (Lipinski definition) is 7.